The Hall–Kier alpha value is -1.76. The van der Waals surface area contributed by atoms with E-state index in [9.17, 15) is 9.59 Å². The topological polar surface area (TPSA) is 64.6 Å². The van der Waals surface area contributed by atoms with Crippen LogP contribution in [0.1, 0.15) is 0 Å². The van der Waals surface area contributed by atoms with E-state index in [0.717, 1.165) is 4.47 Å². The van der Waals surface area contributed by atoms with Crippen LogP contribution >= 0.6 is 39.1 Å². The highest BCUT2D eigenvalue weighted by molar-refractivity contribution is 9.10. The smallest absolute Gasteiger partial charge is 0.344 e. The molecule has 0 unspecified atom stereocenters. The first-order valence-electron chi connectivity index (χ1n) is 6.73. The Morgan fingerprint density at radius 3 is 2.46 bits per heavy atom. The van der Waals surface area contributed by atoms with Crippen molar-refractivity contribution in [3.63, 3.8) is 0 Å². The quantitative estimate of drug-likeness (QED) is 0.690. The normalized spacial score (nSPS) is 10.1. The molecule has 0 fully saturated rings. The van der Waals surface area contributed by atoms with Crippen LogP contribution < -0.4 is 10.1 Å². The van der Waals surface area contributed by atoms with E-state index in [1.165, 1.54) is 6.07 Å². The minimum atomic E-state index is -0.662. The molecule has 0 heterocycles. The summed E-state index contributed by atoms with van der Waals surface area (Å²) in [5.74, 6) is -0.674. The summed E-state index contributed by atoms with van der Waals surface area (Å²) in [6.45, 7) is -0.752. The number of benzene rings is 2. The molecule has 0 aliphatic carbocycles. The third-order valence-electron chi connectivity index (χ3n) is 2.74. The predicted octanol–water partition coefficient (Wildman–Crippen LogP) is 4.32. The molecule has 0 aromatic heterocycles. The molecule has 24 heavy (non-hydrogen) atoms. The molecule has 2 aromatic rings. The molecular weight excluding hydrogens is 421 g/mol. The van der Waals surface area contributed by atoms with Crippen LogP contribution in [0.25, 0.3) is 0 Å². The summed E-state index contributed by atoms with van der Waals surface area (Å²) in [5, 5.41) is 3.26. The lowest BCUT2D eigenvalue weighted by Gasteiger charge is -2.09. The summed E-state index contributed by atoms with van der Waals surface area (Å²) in [6.07, 6.45) is 0. The van der Waals surface area contributed by atoms with Gasteiger partial charge in [-0.05, 0) is 42.5 Å². The number of ether oxygens (including phenoxy) is 2. The minimum Gasteiger partial charge on any atom is -0.482 e. The number of anilines is 1. The zero-order valence-corrected chi connectivity index (χ0v) is 15.3. The van der Waals surface area contributed by atoms with E-state index >= 15 is 0 Å². The molecule has 0 radical (unpaired) electrons. The molecule has 8 heteroatoms. The molecule has 2 rings (SSSR count). The Labute approximate surface area is 157 Å². The first-order chi connectivity index (χ1) is 11.4. The van der Waals surface area contributed by atoms with Crippen LogP contribution in [0.3, 0.4) is 0 Å². The largest absolute Gasteiger partial charge is 0.482 e. The van der Waals surface area contributed by atoms with Gasteiger partial charge in [0.15, 0.2) is 13.2 Å². The summed E-state index contributed by atoms with van der Waals surface area (Å²) < 4.78 is 11.0. The van der Waals surface area contributed by atoms with E-state index < -0.39 is 18.5 Å². The van der Waals surface area contributed by atoms with Crippen LogP contribution in [0.2, 0.25) is 10.0 Å². The average Bonchev–Trinajstić information content (AvgIpc) is 2.56. The van der Waals surface area contributed by atoms with E-state index in [1.807, 2.05) is 0 Å². The van der Waals surface area contributed by atoms with Gasteiger partial charge in [-0.2, -0.15) is 0 Å². The van der Waals surface area contributed by atoms with Gasteiger partial charge < -0.3 is 14.8 Å². The summed E-state index contributed by atoms with van der Waals surface area (Å²) in [4.78, 5) is 23.3. The summed E-state index contributed by atoms with van der Waals surface area (Å²) in [5.41, 5.74) is 0.344. The predicted molar refractivity (Wildman–Crippen MR) is 95.7 cm³/mol. The highest BCUT2D eigenvalue weighted by Gasteiger charge is 2.10. The van der Waals surface area contributed by atoms with Crippen LogP contribution in [0.4, 0.5) is 5.69 Å². The molecule has 1 N–H and O–H groups in total. The monoisotopic (exact) mass is 431 g/mol. The summed E-state index contributed by atoms with van der Waals surface area (Å²) in [6, 6.07) is 11.6. The summed E-state index contributed by atoms with van der Waals surface area (Å²) in [7, 11) is 0. The molecule has 0 atom stereocenters. The van der Waals surface area contributed by atoms with Gasteiger partial charge in [0.1, 0.15) is 5.75 Å². The molecule has 1 amide bonds. The Morgan fingerprint density at radius 2 is 1.75 bits per heavy atom. The third-order valence-corrected chi connectivity index (χ3v) is 3.83. The number of carbonyl (C=O) groups is 2. The maximum atomic E-state index is 11.8. The number of esters is 1. The van der Waals surface area contributed by atoms with E-state index in [2.05, 4.69) is 21.2 Å². The van der Waals surface area contributed by atoms with Crippen molar-refractivity contribution in [2.45, 2.75) is 0 Å². The van der Waals surface area contributed by atoms with Crippen LogP contribution in [0.15, 0.2) is 46.9 Å². The Balaban J connectivity index is 1.75. The standard InChI is InChI=1S/C16H12BrCl2NO4/c17-10-1-4-12(5-2-10)23-9-16(22)24-8-15(21)20-14-7-11(18)3-6-13(14)19/h1-7H,8-9H2,(H,20,21). The van der Waals surface area contributed by atoms with Gasteiger partial charge in [0.2, 0.25) is 0 Å². The van der Waals surface area contributed by atoms with Gasteiger partial charge >= 0.3 is 5.97 Å². The first kappa shape index (κ1) is 18.6. The van der Waals surface area contributed by atoms with E-state index in [0.29, 0.717) is 21.5 Å². The van der Waals surface area contributed by atoms with E-state index in [-0.39, 0.29) is 6.61 Å². The third kappa shape index (κ3) is 6.03. The molecule has 0 bridgehead atoms. The lowest BCUT2D eigenvalue weighted by Crippen LogP contribution is -2.23. The van der Waals surface area contributed by atoms with Crippen LogP contribution in [0.5, 0.6) is 5.75 Å². The number of carbonyl (C=O) groups excluding carboxylic acids is 2. The Kier molecular flexibility index (Phi) is 6.90. The van der Waals surface area contributed by atoms with Crippen molar-refractivity contribution in [1.29, 1.82) is 0 Å². The van der Waals surface area contributed by atoms with Gasteiger partial charge in [-0.3, -0.25) is 4.79 Å². The fourth-order valence-electron chi connectivity index (χ4n) is 1.64. The van der Waals surface area contributed by atoms with E-state index in [1.54, 1.807) is 36.4 Å². The van der Waals surface area contributed by atoms with Gasteiger partial charge in [0, 0.05) is 9.50 Å². The molecule has 126 valence electrons. The van der Waals surface area contributed by atoms with Crippen molar-refractivity contribution >= 4 is 56.7 Å². The number of hydrogen-bond donors (Lipinski definition) is 1. The van der Waals surface area contributed by atoms with Gasteiger partial charge in [-0.1, -0.05) is 39.1 Å². The molecule has 0 saturated carbocycles. The van der Waals surface area contributed by atoms with Crippen molar-refractivity contribution in [3.05, 3.63) is 57.0 Å². The van der Waals surface area contributed by atoms with Crippen molar-refractivity contribution in [2.24, 2.45) is 0 Å². The lowest BCUT2D eigenvalue weighted by atomic mass is 10.3. The number of hydrogen-bond acceptors (Lipinski definition) is 4. The molecular formula is C16H12BrCl2NO4. The maximum Gasteiger partial charge on any atom is 0.344 e. The first-order valence-corrected chi connectivity index (χ1v) is 8.28. The lowest BCUT2D eigenvalue weighted by molar-refractivity contribution is -0.149. The highest BCUT2D eigenvalue weighted by atomic mass is 79.9. The number of nitrogens with one attached hydrogen (secondary N) is 1. The molecule has 0 aliphatic heterocycles. The molecule has 0 aliphatic rings. The maximum absolute atomic E-state index is 11.8. The van der Waals surface area contributed by atoms with Gasteiger partial charge in [-0.25, -0.2) is 4.79 Å². The number of halogens is 3. The fourth-order valence-corrected chi connectivity index (χ4v) is 2.24. The van der Waals surface area contributed by atoms with Crippen molar-refractivity contribution in [2.75, 3.05) is 18.5 Å². The van der Waals surface area contributed by atoms with Crippen molar-refractivity contribution < 1.29 is 19.1 Å². The van der Waals surface area contributed by atoms with Crippen molar-refractivity contribution in [1.82, 2.24) is 0 Å². The molecule has 0 saturated heterocycles. The van der Waals surface area contributed by atoms with Gasteiger partial charge in [-0.15, -0.1) is 0 Å². The van der Waals surface area contributed by atoms with Gasteiger partial charge in [0.25, 0.3) is 5.91 Å². The van der Waals surface area contributed by atoms with Crippen LogP contribution in [-0.4, -0.2) is 25.1 Å². The SMILES string of the molecule is O=C(COC(=O)COc1ccc(Br)cc1)Nc1cc(Cl)ccc1Cl. The Morgan fingerprint density at radius 1 is 1.04 bits per heavy atom. The second-order valence-corrected chi connectivity index (χ2v) is 6.33. The molecule has 0 spiro atoms. The summed E-state index contributed by atoms with van der Waals surface area (Å²) >= 11 is 15.0. The molecule has 5 nitrogen and oxygen atoms in total. The zero-order chi connectivity index (χ0) is 17.5. The van der Waals surface area contributed by atoms with Crippen molar-refractivity contribution in [3.8, 4) is 5.75 Å². The number of rotatable bonds is 6. The minimum absolute atomic E-state index is 0.299. The van der Waals surface area contributed by atoms with E-state index in [4.69, 9.17) is 32.7 Å². The fraction of sp³-hybridized carbons (Fsp3) is 0.125. The second kappa shape index (κ2) is 8.92. The Bertz CT molecular complexity index is 737. The average molecular weight is 433 g/mol. The number of amides is 1. The highest BCUT2D eigenvalue weighted by Crippen LogP contribution is 2.25. The molecule has 2 aromatic carbocycles. The zero-order valence-electron chi connectivity index (χ0n) is 12.2. The van der Waals surface area contributed by atoms with Crippen LogP contribution in [0, 0.1) is 0 Å². The van der Waals surface area contributed by atoms with Gasteiger partial charge in [0.05, 0.1) is 10.7 Å². The second-order valence-electron chi connectivity index (χ2n) is 4.58. The van der Waals surface area contributed by atoms with Crippen LogP contribution in [-0.2, 0) is 14.3 Å².